The Morgan fingerprint density at radius 2 is 1.24 bits per heavy atom. The van der Waals surface area contributed by atoms with Crippen LogP contribution in [0.2, 0.25) is 0 Å². The van der Waals surface area contributed by atoms with Gasteiger partial charge in [-0.05, 0) is 96.7 Å². The van der Waals surface area contributed by atoms with Crippen LogP contribution in [0.1, 0.15) is 71.9 Å². The van der Waals surface area contributed by atoms with Crippen LogP contribution in [-0.2, 0) is 63.6 Å². The lowest BCUT2D eigenvalue weighted by Crippen LogP contribution is -2.53. The van der Waals surface area contributed by atoms with Crippen molar-refractivity contribution in [2.24, 2.45) is 10.8 Å². The first kappa shape index (κ1) is 44.9. The summed E-state index contributed by atoms with van der Waals surface area (Å²) < 4.78 is 37.3. The highest BCUT2D eigenvalue weighted by Gasteiger charge is 2.60. The van der Waals surface area contributed by atoms with Crippen LogP contribution in [0.5, 0.6) is 11.5 Å². The van der Waals surface area contributed by atoms with Gasteiger partial charge in [-0.2, -0.15) is 0 Å². The van der Waals surface area contributed by atoms with E-state index in [2.05, 4.69) is 0 Å². The summed E-state index contributed by atoms with van der Waals surface area (Å²) in [6.45, 7) is 7.73. The zero-order valence-electron chi connectivity index (χ0n) is 33.8. The molecule has 1 N–H and O–H groups in total. The van der Waals surface area contributed by atoms with E-state index in [0.717, 1.165) is 16.0 Å². The molecule has 58 heavy (non-hydrogen) atoms. The number of rotatable bonds is 17. The molecule has 312 valence electrons. The molecule has 0 aliphatic carbocycles. The number of carboxylic acid groups (broad SMARTS) is 1. The van der Waals surface area contributed by atoms with Crippen molar-refractivity contribution in [3.05, 3.63) is 96.1 Å². The first-order valence-electron chi connectivity index (χ1n) is 18.7. The highest BCUT2D eigenvalue weighted by Crippen LogP contribution is 2.34. The molecule has 0 saturated carbocycles. The molecule has 3 aromatic carbocycles. The van der Waals surface area contributed by atoms with Crippen molar-refractivity contribution < 1.29 is 67.0 Å². The number of ether oxygens (including phenoxy) is 7. The van der Waals surface area contributed by atoms with Crippen molar-refractivity contribution >= 4 is 35.8 Å². The first-order chi connectivity index (χ1) is 27.3. The smallest absolute Gasteiger partial charge is 0.382 e. The van der Waals surface area contributed by atoms with Crippen LogP contribution < -0.4 is 4.74 Å². The molecular weight excluding hydrogens is 754 g/mol. The average Bonchev–Trinajstić information content (AvgIpc) is 3.64. The molecule has 1 aliphatic rings. The van der Waals surface area contributed by atoms with Crippen molar-refractivity contribution in [2.45, 2.75) is 85.2 Å². The van der Waals surface area contributed by atoms with Gasteiger partial charge in [0.15, 0.2) is 6.10 Å². The Balaban J connectivity index is 1.61. The van der Waals surface area contributed by atoms with E-state index in [1.807, 2.05) is 72.8 Å². The molecule has 1 saturated heterocycles. The monoisotopic (exact) mass is 805 g/mol. The number of carbonyl (C=O) groups excluding carboxylic acids is 5. The zero-order chi connectivity index (χ0) is 42.7. The van der Waals surface area contributed by atoms with E-state index in [-0.39, 0.29) is 0 Å². The second-order valence-electron chi connectivity index (χ2n) is 15.7. The normalized spacial score (nSPS) is 15.9. The first-order valence-corrected chi connectivity index (χ1v) is 18.7. The third-order valence-electron chi connectivity index (χ3n) is 9.08. The maximum Gasteiger partial charge on any atom is 0.382 e. The molecule has 0 radical (unpaired) electrons. The minimum Gasteiger partial charge on any atom is -0.480 e. The lowest BCUT2D eigenvalue weighted by molar-refractivity contribution is -0.235. The molecule has 3 atom stereocenters. The Bertz CT molecular complexity index is 1840. The molecule has 0 spiro atoms. The summed E-state index contributed by atoms with van der Waals surface area (Å²) in [5.74, 6) is -9.05. The van der Waals surface area contributed by atoms with Crippen LogP contribution in [0.15, 0.2) is 84.9 Å². The topological polar surface area (TPSA) is 190 Å². The Morgan fingerprint density at radius 3 is 1.74 bits per heavy atom. The standard InChI is InChI=1S/C43H51NO14/c1-28(33(23-18-29-14-10-8-11-15-29)30-19-21-32(22-20-30)57-31-16-12-9-13-17-31)44(24-35(45)46)36(47)34-25-56-43(58-34,39(50)54-26-52-37(48)41(2,3)4)40(51)55-27-53-38(49)42(5,6)7/h8-17,19-22,28,33-34H,18,23-27H2,1-7H3,(H,45,46)/t28-,33+,34+/m1/s1. The maximum atomic E-state index is 14.3. The lowest BCUT2D eigenvalue weighted by atomic mass is 9.85. The number of benzene rings is 3. The Kier molecular flexibility index (Phi) is 15.2. The lowest BCUT2D eigenvalue weighted by Gasteiger charge is -2.35. The van der Waals surface area contributed by atoms with Crippen molar-refractivity contribution in [3.63, 3.8) is 0 Å². The van der Waals surface area contributed by atoms with Crippen LogP contribution in [0.3, 0.4) is 0 Å². The van der Waals surface area contributed by atoms with Gasteiger partial charge < -0.3 is 43.2 Å². The number of carbonyl (C=O) groups is 6. The summed E-state index contributed by atoms with van der Waals surface area (Å²) in [5, 5.41) is 10.0. The van der Waals surface area contributed by atoms with Gasteiger partial charge in [0.2, 0.25) is 13.6 Å². The maximum absolute atomic E-state index is 14.3. The van der Waals surface area contributed by atoms with Crippen LogP contribution in [-0.4, -0.2) is 90.4 Å². The number of aliphatic carboxylic acids is 1. The quantitative estimate of drug-likeness (QED) is 0.0980. The number of esters is 4. The van der Waals surface area contributed by atoms with E-state index >= 15 is 0 Å². The molecule has 1 amide bonds. The Hall–Kier alpha value is -5.80. The van der Waals surface area contributed by atoms with Gasteiger partial charge >= 0.3 is 35.6 Å². The molecular formula is C43H51NO14. The van der Waals surface area contributed by atoms with Crippen LogP contribution in [0.25, 0.3) is 0 Å². The largest absolute Gasteiger partial charge is 0.480 e. The number of hydrogen-bond donors (Lipinski definition) is 1. The van der Waals surface area contributed by atoms with Gasteiger partial charge in [-0.3, -0.25) is 19.2 Å². The Labute approximate surface area is 337 Å². The fraction of sp³-hybridized carbons (Fsp3) is 0.442. The van der Waals surface area contributed by atoms with E-state index < -0.39 is 97.2 Å². The SMILES string of the molecule is C[C@H]([C@H](CCc1ccccc1)c1ccc(Oc2ccccc2)cc1)N(CC(=O)O)C(=O)[C@@H]1COC(C(=O)OCOC(=O)C(C)(C)C)(C(=O)OCOC(=O)C(C)(C)C)O1. The van der Waals surface area contributed by atoms with E-state index in [9.17, 15) is 33.9 Å². The number of nitrogens with zero attached hydrogens (tertiary/aromatic N) is 1. The van der Waals surface area contributed by atoms with E-state index in [0.29, 0.717) is 24.3 Å². The fourth-order valence-corrected chi connectivity index (χ4v) is 5.81. The molecule has 15 heteroatoms. The summed E-state index contributed by atoms with van der Waals surface area (Å²) in [4.78, 5) is 79.3. The van der Waals surface area contributed by atoms with E-state index in [1.54, 1.807) is 60.6 Å². The molecule has 1 fully saturated rings. The van der Waals surface area contributed by atoms with Gasteiger partial charge in [0.25, 0.3) is 5.91 Å². The Morgan fingerprint density at radius 1 is 0.741 bits per heavy atom. The molecule has 15 nitrogen and oxygen atoms in total. The molecule has 3 aromatic rings. The minimum absolute atomic E-state index is 0.439. The molecule has 4 rings (SSSR count). The molecule has 0 bridgehead atoms. The summed E-state index contributed by atoms with van der Waals surface area (Å²) in [6.07, 6.45) is -0.650. The number of carboxylic acids is 1. The van der Waals surface area contributed by atoms with E-state index in [4.69, 9.17) is 33.2 Å². The third kappa shape index (κ3) is 12.1. The predicted molar refractivity (Wildman–Crippen MR) is 206 cm³/mol. The van der Waals surface area contributed by atoms with Crippen molar-refractivity contribution in [1.82, 2.24) is 4.90 Å². The van der Waals surface area contributed by atoms with Gasteiger partial charge in [0.1, 0.15) is 18.0 Å². The average molecular weight is 806 g/mol. The molecule has 1 heterocycles. The summed E-state index contributed by atoms with van der Waals surface area (Å²) in [5.41, 5.74) is -0.111. The second kappa shape index (κ2) is 19.6. The predicted octanol–water partition coefficient (Wildman–Crippen LogP) is 5.79. The van der Waals surface area contributed by atoms with Gasteiger partial charge in [-0.25, -0.2) is 9.59 Å². The number of para-hydroxylation sites is 1. The number of amides is 1. The number of aryl methyl sites for hydroxylation is 1. The minimum atomic E-state index is -3.04. The fourth-order valence-electron chi connectivity index (χ4n) is 5.81. The van der Waals surface area contributed by atoms with E-state index in [1.165, 1.54) is 0 Å². The van der Waals surface area contributed by atoms with Crippen LogP contribution in [0, 0.1) is 10.8 Å². The highest BCUT2D eigenvalue weighted by atomic mass is 16.8. The van der Waals surface area contributed by atoms with Crippen LogP contribution in [0.4, 0.5) is 0 Å². The molecule has 0 unspecified atom stereocenters. The van der Waals surface area contributed by atoms with Crippen molar-refractivity contribution in [1.29, 1.82) is 0 Å². The summed E-state index contributed by atoms with van der Waals surface area (Å²) in [7, 11) is 0. The van der Waals surface area contributed by atoms with Gasteiger partial charge in [0, 0.05) is 12.0 Å². The second-order valence-corrected chi connectivity index (χ2v) is 15.7. The molecule has 1 aliphatic heterocycles. The van der Waals surface area contributed by atoms with Gasteiger partial charge in [0.05, 0.1) is 17.4 Å². The van der Waals surface area contributed by atoms with Crippen molar-refractivity contribution in [2.75, 3.05) is 26.7 Å². The van der Waals surface area contributed by atoms with Gasteiger partial charge in [-0.15, -0.1) is 0 Å². The van der Waals surface area contributed by atoms with Crippen LogP contribution >= 0.6 is 0 Å². The highest BCUT2D eigenvalue weighted by molar-refractivity contribution is 6.03. The third-order valence-corrected chi connectivity index (χ3v) is 9.08. The zero-order valence-corrected chi connectivity index (χ0v) is 33.8. The van der Waals surface area contributed by atoms with Crippen molar-refractivity contribution in [3.8, 4) is 11.5 Å². The molecule has 0 aromatic heterocycles. The number of hydrogen-bond acceptors (Lipinski definition) is 13. The van der Waals surface area contributed by atoms with Gasteiger partial charge in [-0.1, -0.05) is 60.7 Å². The summed E-state index contributed by atoms with van der Waals surface area (Å²) in [6, 6.07) is 25.3. The summed E-state index contributed by atoms with van der Waals surface area (Å²) >= 11 is 0.